The van der Waals surface area contributed by atoms with Crippen molar-refractivity contribution in [1.29, 1.82) is 0 Å². The largest absolute Gasteiger partial charge is 0.306 e. The third-order valence-corrected chi connectivity index (χ3v) is 7.23. The Morgan fingerprint density at radius 3 is 3.04 bits per heavy atom. The molecule has 4 heterocycles. The molecular weight excluding hydrogens is 416 g/mol. The maximum Gasteiger partial charge on any atom is 0.137 e. The van der Waals surface area contributed by atoms with Gasteiger partial charge in [0, 0.05) is 32.9 Å². The van der Waals surface area contributed by atoms with Crippen LogP contribution < -0.4 is 0 Å². The van der Waals surface area contributed by atoms with Gasteiger partial charge in [0.1, 0.15) is 21.8 Å². The van der Waals surface area contributed by atoms with Crippen LogP contribution >= 0.6 is 39.0 Å². The molecule has 0 amide bonds. The summed E-state index contributed by atoms with van der Waals surface area (Å²) in [6.45, 7) is 0. The molecule has 0 saturated carbocycles. The van der Waals surface area contributed by atoms with E-state index in [9.17, 15) is 0 Å². The van der Waals surface area contributed by atoms with Crippen molar-refractivity contribution in [3.63, 3.8) is 0 Å². The number of imidazole rings is 1. The molecule has 5 rings (SSSR count). The van der Waals surface area contributed by atoms with E-state index in [0.717, 1.165) is 31.4 Å². The predicted molar refractivity (Wildman–Crippen MR) is 107 cm³/mol. The minimum atomic E-state index is 0.816. The first-order valence-corrected chi connectivity index (χ1v) is 10.9. The highest BCUT2D eigenvalue weighted by atomic mass is 79.9. The Morgan fingerprint density at radius 1 is 1.16 bits per heavy atom. The van der Waals surface area contributed by atoms with Crippen molar-refractivity contribution < 1.29 is 0 Å². The number of fused-ring (bicyclic) bond motifs is 4. The van der Waals surface area contributed by atoms with Gasteiger partial charge < -0.3 is 4.40 Å². The summed E-state index contributed by atoms with van der Waals surface area (Å²) in [4.78, 5) is 16.5. The molecule has 4 nitrogen and oxygen atoms in total. The van der Waals surface area contributed by atoms with Crippen molar-refractivity contribution in [3.8, 4) is 0 Å². The molecule has 0 fully saturated rings. The van der Waals surface area contributed by atoms with Crippen molar-refractivity contribution in [3.05, 3.63) is 51.5 Å². The van der Waals surface area contributed by atoms with Gasteiger partial charge in [0.15, 0.2) is 0 Å². The second-order valence-corrected chi connectivity index (χ2v) is 9.17. The van der Waals surface area contributed by atoms with E-state index in [2.05, 4.69) is 36.5 Å². The lowest BCUT2D eigenvalue weighted by Crippen LogP contribution is -1.99. The number of aryl methyl sites for hydroxylation is 2. The third-order valence-electron chi connectivity index (χ3n) is 4.54. The molecule has 0 saturated heterocycles. The lowest BCUT2D eigenvalue weighted by Gasteiger charge is -2.11. The molecule has 0 atom stereocenters. The van der Waals surface area contributed by atoms with Crippen LogP contribution in [0.2, 0.25) is 0 Å². The predicted octanol–water partition coefficient (Wildman–Crippen LogP) is 5.27. The molecule has 1 aliphatic rings. The summed E-state index contributed by atoms with van der Waals surface area (Å²) >= 11 is 7.12. The van der Waals surface area contributed by atoms with Gasteiger partial charge in [-0.15, -0.1) is 11.3 Å². The van der Waals surface area contributed by atoms with E-state index in [1.54, 1.807) is 18.1 Å². The van der Waals surface area contributed by atoms with E-state index >= 15 is 0 Å². The number of aromatic nitrogens is 4. The Labute approximate surface area is 161 Å². The van der Waals surface area contributed by atoms with Gasteiger partial charge in [-0.3, -0.25) is 0 Å². The number of thiophene rings is 1. The van der Waals surface area contributed by atoms with E-state index in [4.69, 9.17) is 4.98 Å². The number of thioether (sulfide) groups is 1. The van der Waals surface area contributed by atoms with Gasteiger partial charge in [-0.2, -0.15) is 0 Å². The fraction of sp³-hybridized carbons (Fsp3) is 0.278. The molecule has 0 aliphatic heterocycles. The lowest BCUT2D eigenvalue weighted by atomic mass is 9.97. The summed E-state index contributed by atoms with van der Waals surface area (Å²) < 4.78 is 3.11. The number of halogens is 1. The van der Waals surface area contributed by atoms with Gasteiger partial charge in [0.25, 0.3) is 0 Å². The van der Waals surface area contributed by atoms with Crippen LogP contribution in [-0.4, -0.2) is 19.4 Å². The second kappa shape index (κ2) is 6.37. The first-order chi connectivity index (χ1) is 12.3. The molecule has 126 valence electrons. The van der Waals surface area contributed by atoms with Crippen LogP contribution in [0.5, 0.6) is 0 Å². The molecule has 0 aromatic carbocycles. The van der Waals surface area contributed by atoms with Gasteiger partial charge >= 0.3 is 0 Å². The summed E-state index contributed by atoms with van der Waals surface area (Å²) in [5, 5.41) is 2.39. The summed E-state index contributed by atoms with van der Waals surface area (Å²) in [6, 6.07) is 4.04. The van der Waals surface area contributed by atoms with Gasteiger partial charge in [0.2, 0.25) is 0 Å². The molecule has 4 aromatic heterocycles. The maximum atomic E-state index is 4.70. The van der Waals surface area contributed by atoms with Crippen molar-refractivity contribution in [1.82, 2.24) is 19.4 Å². The van der Waals surface area contributed by atoms with Crippen LogP contribution in [0, 0.1) is 0 Å². The molecule has 0 bridgehead atoms. The molecule has 4 aromatic rings. The summed E-state index contributed by atoms with van der Waals surface area (Å²) in [5.74, 6) is 0.816. The van der Waals surface area contributed by atoms with E-state index in [0.29, 0.717) is 0 Å². The highest BCUT2D eigenvalue weighted by Gasteiger charge is 2.20. The summed E-state index contributed by atoms with van der Waals surface area (Å²) in [5.41, 5.74) is 3.53. The minimum absolute atomic E-state index is 0.816. The average molecular weight is 431 g/mol. The standard InChI is InChI=1S/C18H15BrN4S2/c19-11-5-6-15-22-12(8-23(15)7-11)9-24-17-16-13-3-1-2-4-14(13)25-18(16)21-10-20-17/h5-8,10H,1-4,9H2. The van der Waals surface area contributed by atoms with E-state index in [1.807, 2.05) is 29.7 Å². The minimum Gasteiger partial charge on any atom is -0.306 e. The van der Waals surface area contributed by atoms with Gasteiger partial charge in [-0.05, 0) is 59.3 Å². The molecule has 7 heteroatoms. The zero-order chi connectivity index (χ0) is 16.8. The first kappa shape index (κ1) is 15.8. The summed E-state index contributed by atoms with van der Waals surface area (Å²) in [7, 11) is 0. The molecule has 0 radical (unpaired) electrons. The Hall–Kier alpha value is -1.44. The molecule has 0 N–H and O–H groups in total. The molecular formula is C18H15BrN4S2. The van der Waals surface area contributed by atoms with Gasteiger partial charge in [-0.1, -0.05) is 11.8 Å². The zero-order valence-corrected chi connectivity index (χ0v) is 16.6. The number of hydrogen-bond donors (Lipinski definition) is 0. The quantitative estimate of drug-likeness (QED) is 0.327. The Morgan fingerprint density at radius 2 is 2.08 bits per heavy atom. The Kier molecular flexibility index (Phi) is 4.03. The van der Waals surface area contributed by atoms with E-state index < -0.39 is 0 Å². The monoisotopic (exact) mass is 430 g/mol. The van der Waals surface area contributed by atoms with Gasteiger partial charge in [-0.25, -0.2) is 15.0 Å². The van der Waals surface area contributed by atoms with Crippen molar-refractivity contribution in [2.24, 2.45) is 0 Å². The number of pyridine rings is 1. The maximum absolute atomic E-state index is 4.70. The molecule has 1 aliphatic carbocycles. The first-order valence-electron chi connectivity index (χ1n) is 8.29. The normalized spacial score (nSPS) is 14.3. The molecule has 0 unspecified atom stereocenters. The van der Waals surface area contributed by atoms with Crippen LogP contribution in [0.3, 0.4) is 0 Å². The van der Waals surface area contributed by atoms with Crippen LogP contribution in [0.1, 0.15) is 29.0 Å². The van der Waals surface area contributed by atoms with E-state index in [1.165, 1.54) is 41.5 Å². The molecule has 0 spiro atoms. The van der Waals surface area contributed by atoms with Crippen LogP contribution in [0.4, 0.5) is 0 Å². The Bertz CT molecular complexity index is 1090. The Balaban J connectivity index is 1.48. The van der Waals surface area contributed by atoms with E-state index in [-0.39, 0.29) is 0 Å². The van der Waals surface area contributed by atoms with Crippen LogP contribution in [0.15, 0.2) is 40.4 Å². The highest BCUT2D eigenvalue weighted by molar-refractivity contribution is 9.10. The number of rotatable bonds is 3. The second-order valence-electron chi connectivity index (χ2n) is 6.20. The summed E-state index contributed by atoms with van der Waals surface area (Å²) in [6.07, 6.45) is 10.8. The highest BCUT2D eigenvalue weighted by Crippen LogP contribution is 2.39. The third kappa shape index (κ3) is 2.88. The van der Waals surface area contributed by atoms with Crippen LogP contribution in [0.25, 0.3) is 15.9 Å². The lowest BCUT2D eigenvalue weighted by molar-refractivity contribution is 0.699. The SMILES string of the molecule is Brc1ccc2nc(CSc3ncnc4sc5c(c34)CCCC5)cn2c1. The fourth-order valence-electron chi connectivity index (χ4n) is 3.40. The van der Waals surface area contributed by atoms with Crippen molar-refractivity contribution >= 4 is 54.9 Å². The van der Waals surface area contributed by atoms with Crippen molar-refractivity contribution in [2.75, 3.05) is 0 Å². The van der Waals surface area contributed by atoms with Crippen molar-refractivity contribution in [2.45, 2.75) is 36.5 Å². The topological polar surface area (TPSA) is 43.1 Å². The smallest absolute Gasteiger partial charge is 0.137 e. The average Bonchev–Trinajstić information content (AvgIpc) is 3.20. The number of nitrogens with zero attached hydrogens (tertiary/aromatic N) is 4. The fourth-order valence-corrected chi connectivity index (χ4v) is 5.96. The zero-order valence-electron chi connectivity index (χ0n) is 13.4. The van der Waals surface area contributed by atoms with Crippen LogP contribution in [-0.2, 0) is 18.6 Å². The van der Waals surface area contributed by atoms with Gasteiger partial charge in [0.05, 0.1) is 5.69 Å². The molecule has 25 heavy (non-hydrogen) atoms. The number of hydrogen-bond acceptors (Lipinski definition) is 5.